The van der Waals surface area contributed by atoms with E-state index in [4.69, 9.17) is 9.84 Å². The molecule has 0 radical (unpaired) electrons. The first-order valence-corrected chi connectivity index (χ1v) is 5.69. The number of nitrogens with zero attached hydrogens (tertiary/aromatic N) is 2. The zero-order valence-electron chi connectivity index (χ0n) is 10.7. The average Bonchev–Trinajstić information content (AvgIpc) is 2.46. The molecule has 19 heavy (non-hydrogen) atoms. The highest BCUT2D eigenvalue weighted by molar-refractivity contribution is 5.87. The molecular weight excluding hydrogens is 244 g/mol. The summed E-state index contributed by atoms with van der Waals surface area (Å²) in [5.41, 5.74) is 1.03. The van der Waals surface area contributed by atoms with E-state index >= 15 is 0 Å². The number of carbonyl (C=O) groups is 1. The molecule has 1 aromatic carbocycles. The van der Waals surface area contributed by atoms with Crippen LogP contribution in [0.25, 0.3) is 0 Å². The number of para-hydroxylation sites is 2. The van der Waals surface area contributed by atoms with Crippen LogP contribution in [0, 0.1) is 0 Å². The molecule has 0 amide bonds. The first kappa shape index (κ1) is 12.9. The Bertz CT molecular complexity index is 581. The monoisotopic (exact) mass is 258 g/mol. The molecule has 1 heterocycles. The molecule has 0 fully saturated rings. The van der Waals surface area contributed by atoms with Crippen LogP contribution in [-0.2, 0) is 0 Å². The molecule has 0 saturated carbocycles. The van der Waals surface area contributed by atoms with Crippen LogP contribution < -0.4 is 9.64 Å². The Morgan fingerprint density at radius 1 is 1.26 bits per heavy atom. The molecule has 2 aromatic rings. The van der Waals surface area contributed by atoms with Crippen LogP contribution in [0.1, 0.15) is 10.4 Å². The van der Waals surface area contributed by atoms with E-state index in [-0.39, 0.29) is 5.56 Å². The van der Waals surface area contributed by atoms with E-state index in [1.54, 1.807) is 13.2 Å². The van der Waals surface area contributed by atoms with Crippen LogP contribution in [-0.4, -0.2) is 30.2 Å². The predicted molar refractivity (Wildman–Crippen MR) is 72.3 cm³/mol. The van der Waals surface area contributed by atoms with Crippen molar-refractivity contribution in [3.63, 3.8) is 0 Å². The first-order chi connectivity index (χ1) is 9.13. The third-order valence-corrected chi connectivity index (χ3v) is 2.78. The van der Waals surface area contributed by atoms with Gasteiger partial charge in [0.1, 0.15) is 11.6 Å². The summed E-state index contributed by atoms with van der Waals surface area (Å²) in [6.45, 7) is 0. The minimum atomic E-state index is -0.987. The number of hydrogen-bond acceptors (Lipinski definition) is 4. The molecule has 0 atom stereocenters. The van der Waals surface area contributed by atoms with Gasteiger partial charge in [0.05, 0.1) is 18.4 Å². The van der Waals surface area contributed by atoms with Crippen LogP contribution in [0.5, 0.6) is 5.75 Å². The summed E-state index contributed by atoms with van der Waals surface area (Å²) in [6.07, 6.45) is 1.34. The summed E-state index contributed by atoms with van der Waals surface area (Å²) in [4.78, 5) is 16.8. The highest BCUT2D eigenvalue weighted by atomic mass is 16.5. The van der Waals surface area contributed by atoms with Crippen molar-refractivity contribution in [2.24, 2.45) is 0 Å². The Morgan fingerprint density at radius 3 is 2.58 bits per heavy atom. The first-order valence-electron chi connectivity index (χ1n) is 5.69. The van der Waals surface area contributed by atoms with Crippen molar-refractivity contribution in [1.29, 1.82) is 0 Å². The second kappa shape index (κ2) is 5.39. The normalized spacial score (nSPS) is 10.0. The molecule has 0 aliphatic carbocycles. The van der Waals surface area contributed by atoms with E-state index in [0.29, 0.717) is 5.82 Å². The second-order valence-electron chi connectivity index (χ2n) is 3.94. The fraction of sp³-hybridized carbons (Fsp3) is 0.143. The average molecular weight is 258 g/mol. The zero-order chi connectivity index (χ0) is 13.8. The quantitative estimate of drug-likeness (QED) is 0.913. The topological polar surface area (TPSA) is 62.7 Å². The Hall–Kier alpha value is -2.56. The lowest BCUT2D eigenvalue weighted by Crippen LogP contribution is -2.12. The lowest BCUT2D eigenvalue weighted by Gasteiger charge is -2.20. The smallest absolute Gasteiger partial charge is 0.337 e. The summed E-state index contributed by atoms with van der Waals surface area (Å²) in [7, 11) is 3.45. The lowest BCUT2D eigenvalue weighted by atomic mass is 10.2. The molecule has 1 aromatic heterocycles. The number of methoxy groups -OCH3 is 1. The van der Waals surface area contributed by atoms with Gasteiger partial charge in [-0.15, -0.1) is 0 Å². The molecule has 2 rings (SSSR count). The van der Waals surface area contributed by atoms with E-state index in [1.165, 1.54) is 12.3 Å². The van der Waals surface area contributed by atoms with Gasteiger partial charge in [0, 0.05) is 13.2 Å². The van der Waals surface area contributed by atoms with Gasteiger partial charge in [-0.25, -0.2) is 9.78 Å². The van der Waals surface area contributed by atoms with E-state index in [2.05, 4.69) is 4.98 Å². The third-order valence-electron chi connectivity index (χ3n) is 2.78. The fourth-order valence-electron chi connectivity index (χ4n) is 1.74. The molecular formula is C14H14N2O3. The number of aromatic carboxylic acids is 1. The van der Waals surface area contributed by atoms with Gasteiger partial charge in [-0.05, 0) is 24.3 Å². The van der Waals surface area contributed by atoms with Gasteiger partial charge in [-0.3, -0.25) is 0 Å². The summed E-state index contributed by atoms with van der Waals surface area (Å²) in [5, 5.41) is 8.84. The van der Waals surface area contributed by atoms with Gasteiger partial charge in [-0.1, -0.05) is 12.1 Å². The zero-order valence-corrected chi connectivity index (χ0v) is 10.7. The van der Waals surface area contributed by atoms with Crippen molar-refractivity contribution in [2.75, 3.05) is 19.1 Å². The maximum atomic E-state index is 10.8. The molecule has 0 aliphatic heterocycles. The molecule has 5 heteroatoms. The lowest BCUT2D eigenvalue weighted by molar-refractivity contribution is 0.0696. The van der Waals surface area contributed by atoms with Crippen LogP contribution >= 0.6 is 0 Å². The molecule has 0 spiro atoms. The van der Waals surface area contributed by atoms with Crippen LogP contribution in [0.15, 0.2) is 42.6 Å². The number of carboxylic acids is 1. The van der Waals surface area contributed by atoms with E-state index in [1.807, 2.05) is 36.2 Å². The number of rotatable bonds is 4. The van der Waals surface area contributed by atoms with E-state index in [0.717, 1.165) is 11.4 Å². The number of aromatic nitrogens is 1. The minimum absolute atomic E-state index is 0.164. The number of hydrogen-bond donors (Lipinski definition) is 1. The SMILES string of the molecule is COc1ccccc1N(C)c1ccc(C(=O)O)cn1. The van der Waals surface area contributed by atoms with Gasteiger partial charge in [0.15, 0.2) is 0 Å². The molecule has 0 unspecified atom stereocenters. The Morgan fingerprint density at radius 2 is 2.00 bits per heavy atom. The van der Waals surface area contributed by atoms with Gasteiger partial charge in [0.2, 0.25) is 0 Å². The summed E-state index contributed by atoms with van der Waals surface area (Å²) < 4.78 is 5.29. The van der Waals surface area contributed by atoms with Crippen molar-refractivity contribution in [3.8, 4) is 5.75 Å². The van der Waals surface area contributed by atoms with Crippen molar-refractivity contribution in [3.05, 3.63) is 48.2 Å². The van der Waals surface area contributed by atoms with Gasteiger partial charge >= 0.3 is 5.97 Å². The van der Waals surface area contributed by atoms with Crippen molar-refractivity contribution in [1.82, 2.24) is 4.98 Å². The van der Waals surface area contributed by atoms with Crippen LogP contribution in [0.2, 0.25) is 0 Å². The van der Waals surface area contributed by atoms with Crippen LogP contribution in [0.3, 0.4) is 0 Å². The maximum absolute atomic E-state index is 10.8. The maximum Gasteiger partial charge on any atom is 0.337 e. The summed E-state index contributed by atoms with van der Waals surface area (Å²) in [5.74, 6) is 0.391. The van der Waals surface area contributed by atoms with Gasteiger partial charge in [0.25, 0.3) is 0 Å². The number of anilines is 2. The number of benzene rings is 1. The molecule has 98 valence electrons. The minimum Gasteiger partial charge on any atom is -0.495 e. The van der Waals surface area contributed by atoms with Crippen molar-refractivity contribution >= 4 is 17.5 Å². The summed E-state index contributed by atoms with van der Waals surface area (Å²) in [6, 6.07) is 10.7. The van der Waals surface area contributed by atoms with Gasteiger partial charge < -0.3 is 14.7 Å². The summed E-state index contributed by atoms with van der Waals surface area (Å²) >= 11 is 0. The number of pyridine rings is 1. The second-order valence-corrected chi connectivity index (χ2v) is 3.94. The third kappa shape index (κ3) is 2.65. The fourth-order valence-corrected chi connectivity index (χ4v) is 1.74. The highest BCUT2D eigenvalue weighted by Gasteiger charge is 2.11. The van der Waals surface area contributed by atoms with Crippen molar-refractivity contribution < 1.29 is 14.6 Å². The molecule has 0 bridgehead atoms. The van der Waals surface area contributed by atoms with E-state index in [9.17, 15) is 4.79 Å². The molecule has 1 N–H and O–H groups in total. The molecule has 0 aliphatic rings. The van der Waals surface area contributed by atoms with Crippen LogP contribution in [0.4, 0.5) is 11.5 Å². The van der Waals surface area contributed by atoms with Crippen molar-refractivity contribution in [2.45, 2.75) is 0 Å². The largest absolute Gasteiger partial charge is 0.495 e. The highest BCUT2D eigenvalue weighted by Crippen LogP contribution is 2.30. The Labute approximate surface area is 111 Å². The standard InChI is InChI=1S/C14H14N2O3/c1-16(11-5-3-4-6-12(11)19-2)13-8-7-10(9-15-13)14(17)18/h3-9H,1-2H3,(H,17,18). The predicted octanol–water partition coefficient (Wildman–Crippen LogP) is 2.56. The molecule has 5 nitrogen and oxygen atoms in total. The van der Waals surface area contributed by atoms with E-state index < -0.39 is 5.97 Å². The number of ether oxygens (including phenoxy) is 1. The number of carboxylic acid groups (broad SMARTS) is 1. The van der Waals surface area contributed by atoms with Gasteiger partial charge in [-0.2, -0.15) is 0 Å². The Kier molecular flexibility index (Phi) is 3.66. The molecule has 0 saturated heterocycles. The Balaban J connectivity index is 2.33.